The zero-order valence-electron chi connectivity index (χ0n) is 9.94. The average molecular weight is 269 g/mol. The first-order valence-corrected chi connectivity index (χ1v) is 5.37. The highest BCUT2D eigenvalue weighted by molar-refractivity contribution is 5.33. The zero-order chi connectivity index (χ0) is 13.9. The lowest BCUT2D eigenvalue weighted by Gasteiger charge is -2.08. The molecule has 0 saturated heterocycles. The number of rotatable bonds is 3. The van der Waals surface area contributed by atoms with Gasteiger partial charge < -0.3 is 5.32 Å². The first kappa shape index (κ1) is 13.2. The first-order valence-electron chi connectivity index (χ1n) is 5.37. The summed E-state index contributed by atoms with van der Waals surface area (Å²) in [6, 6.07) is 1.36. The van der Waals surface area contributed by atoms with E-state index in [0.717, 1.165) is 11.9 Å². The zero-order valence-corrected chi connectivity index (χ0v) is 9.94. The van der Waals surface area contributed by atoms with Crippen LogP contribution in [0.1, 0.15) is 17.2 Å². The topological polar surface area (TPSA) is 63.6 Å². The highest BCUT2D eigenvalue weighted by atomic mass is 19.4. The third-order valence-corrected chi connectivity index (χ3v) is 2.19. The van der Waals surface area contributed by atoms with E-state index in [2.05, 4.69) is 25.3 Å². The molecule has 1 N–H and O–H groups in total. The lowest BCUT2D eigenvalue weighted by molar-refractivity contribution is -0.144. The Bertz CT molecular complexity index is 553. The molecule has 0 radical (unpaired) electrons. The van der Waals surface area contributed by atoms with E-state index in [1.807, 2.05) is 0 Å². The fraction of sp³-hybridized carbons (Fsp3) is 0.273. The second kappa shape index (κ2) is 5.17. The summed E-state index contributed by atoms with van der Waals surface area (Å²) in [6.07, 6.45) is -0.368. The third kappa shape index (κ3) is 3.60. The van der Waals surface area contributed by atoms with Crippen LogP contribution >= 0.6 is 0 Å². The minimum Gasteiger partial charge on any atom is -0.364 e. The Hall–Kier alpha value is -2.25. The van der Waals surface area contributed by atoms with Crippen molar-refractivity contribution in [2.24, 2.45) is 0 Å². The van der Waals surface area contributed by atoms with Gasteiger partial charge in [0.1, 0.15) is 5.82 Å². The fourth-order valence-electron chi connectivity index (χ4n) is 1.29. The highest BCUT2D eigenvalue weighted by Crippen LogP contribution is 2.26. The minimum absolute atomic E-state index is 0.0877. The second-order valence-corrected chi connectivity index (χ2v) is 3.77. The number of nitrogens with zero attached hydrogens (tertiary/aromatic N) is 4. The molecule has 2 heterocycles. The lowest BCUT2D eigenvalue weighted by atomic mass is 10.4. The van der Waals surface area contributed by atoms with Crippen LogP contribution in [-0.4, -0.2) is 19.9 Å². The molecule has 8 heteroatoms. The lowest BCUT2D eigenvalue weighted by Crippen LogP contribution is -2.13. The summed E-state index contributed by atoms with van der Waals surface area (Å²) in [7, 11) is 0. The van der Waals surface area contributed by atoms with Gasteiger partial charge in [0.25, 0.3) is 0 Å². The van der Waals surface area contributed by atoms with Gasteiger partial charge in [-0.05, 0) is 13.0 Å². The van der Waals surface area contributed by atoms with Crippen molar-refractivity contribution in [2.75, 3.05) is 5.32 Å². The molecule has 0 aliphatic carbocycles. The molecule has 0 bridgehead atoms. The Kier molecular flexibility index (Phi) is 3.59. The Balaban J connectivity index is 2.05. The predicted molar refractivity (Wildman–Crippen MR) is 61.1 cm³/mol. The maximum absolute atomic E-state index is 12.4. The van der Waals surface area contributed by atoms with Crippen molar-refractivity contribution < 1.29 is 13.2 Å². The molecule has 0 spiro atoms. The maximum Gasteiger partial charge on any atom is 0.451 e. The number of hydrogen-bond acceptors (Lipinski definition) is 5. The molecule has 0 amide bonds. The summed E-state index contributed by atoms with van der Waals surface area (Å²) in [5.41, 5.74) is 1.38. The molecule has 100 valence electrons. The standard InChI is InChI=1S/C11H10F3N5/c1-7-4-17-8(5-16-7)6-18-9-2-3-15-10(19-9)11(12,13)14/h2-5H,6H2,1H3,(H,15,18,19). The van der Waals surface area contributed by atoms with Gasteiger partial charge in [0.05, 0.1) is 24.1 Å². The third-order valence-electron chi connectivity index (χ3n) is 2.19. The Labute approximate surface area is 107 Å². The molecule has 0 unspecified atom stereocenters. The summed E-state index contributed by atoms with van der Waals surface area (Å²) in [6.45, 7) is 2.03. The van der Waals surface area contributed by atoms with Crippen LogP contribution < -0.4 is 5.32 Å². The normalized spacial score (nSPS) is 11.4. The van der Waals surface area contributed by atoms with Crippen LogP contribution in [0.4, 0.5) is 19.0 Å². The van der Waals surface area contributed by atoms with E-state index in [0.29, 0.717) is 5.69 Å². The van der Waals surface area contributed by atoms with Crippen LogP contribution in [0, 0.1) is 6.92 Å². The van der Waals surface area contributed by atoms with E-state index < -0.39 is 12.0 Å². The number of anilines is 1. The largest absolute Gasteiger partial charge is 0.451 e. The van der Waals surface area contributed by atoms with Crippen LogP contribution in [0.2, 0.25) is 0 Å². The van der Waals surface area contributed by atoms with Gasteiger partial charge in [-0.1, -0.05) is 0 Å². The van der Waals surface area contributed by atoms with Crippen molar-refractivity contribution in [2.45, 2.75) is 19.6 Å². The van der Waals surface area contributed by atoms with Crippen molar-refractivity contribution in [3.8, 4) is 0 Å². The molecule has 5 nitrogen and oxygen atoms in total. The molecule has 2 aromatic rings. The maximum atomic E-state index is 12.4. The number of aromatic nitrogens is 4. The van der Waals surface area contributed by atoms with Crippen LogP contribution in [0.3, 0.4) is 0 Å². The number of nitrogens with one attached hydrogen (secondary N) is 1. The molecule has 0 aliphatic rings. The van der Waals surface area contributed by atoms with Crippen molar-refractivity contribution >= 4 is 5.82 Å². The van der Waals surface area contributed by atoms with Gasteiger partial charge in [-0.3, -0.25) is 9.97 Å². The summed E-state index contributed by atoms with van der Waals surface area (Å²) in [4.78, 5) is 14.7. The van der Waals surface area contributed by atoms with E-state index in [1.165, 1.54) is 6.07 Å². The monoisotopic (exact) mass is 269 g/mol. The number of alkyl halides is 3. The van der Waals surface area contributed by atoms with Crippen molar-refractivity contribution in [3.05, 3.63) is 41.9 Å². The Morgan fingerprint density at radius 2 is 1.95 bits per heavy atom. The molecule has 0 aliphatic heterocycles. The molecule has 0 atom stereocenters. The first-order chi connectivity index (χ1) is 8.95. The molecular formula is C11H10F3N5. The molecule has 0 fully saturated rings. The van der Waals surface area contributed by atoms with Gasteiger partial charge in [0.2, 0.25) is 5.82 Å². The van der Waals surface area contributed by atoms with E-state index in [9.17, 15) is 13.2 Å². The van der Waals surface area contributed by atoms with E-state index in [4.69, 9.17) is 0 Å². The number of hydrogen-bond donors (Lipinski definition) is 1. The molecule has 19 heavy (non-hydrogen) atoms. The van der Waals surface area contributed by atoms with Crippen molar-refractivity contribution in [3.63, 3.8) is 0 Å². The second-order valence-electron chi connectivity index (χ2n) is 3.77. The van der Waals surface area contributed by atoms with Crippen LogP contribution in [0.25, 0.3) is 0 Å². The van der Waals surface area contributed by atoms with Gasteiger partial charge in [-0.2, -0.15) is 13.2 Å². The molecular weight excluding hydrogens is 259 g/mol. The summed E-state index contributed by atoms with van der Waals surface area (Å²) in [5.74, 6) is -1.09. The van der Waals surface area contributed by atoms with Gasteiger partial charge in [0.15, 0.2) is 0 Å². The number of aryl methyl sites for hydroxylation is 1. The quantitative estimate of drug-likeness (QED) is 0.925. The van der Waals surface area contributed by atoms with Gasteiger partial charge in [-0.25, -0.2) is 9.97 Å². The van der Waals surface area contributed by atoms with E-state index in [-0.39, 0.29) is 12.4 Å². The highest BCUT2D eigenvalue weighted by Gasteiger charge is 2.34. The minimum atomic E-state index is -4.55. The van der Waals surface area contributed by atoms with Gasteiger partial charge in [0, 0.05) is 12.4 Å². The van der Waals surface area contributed by atoms with Gasteiger partial charge in [-0.15, -0.1) is 0 Å². The fourth-order valence-corrected chi connectivity index (χ4v) is 1.29. The smallest absolute Gasteiger partial charge is 0.364 e. The summed E-state index contributed by atoms with van der Waals surface area (Å²) < 4.78 is 37.2. The van der Waals surface area contributed by atoms with Crippen molar-refractivity contribution in [1.82, 2.24) is 19.9 Å². The van der Waals surface area contributed by atoms with Gasteiger partial charge >= 0.3 is 6.18 Å². The van der Waals surface area contributed by atoms with Crippen LogP contribution in [-0.2, 0) is 12.7 Å². The van der Waals surface area contributed by atoms with Crippen LogP contribution in [0.15, 0.2) is 24.7 Å². The summed E-state index contributed by atoms with van der Waals surface area (Å²) >= 11 is 0. The Morgan fingerprint density at radius 1 is 1.16 bits per heavy atom. The molecule has 0 saturated carbocycles. The summed E-state index contributed by atoms with van der Waals surface area (Å²) in [5, 5.41) is 2.74. The average Bonchev–Trinajstić information content (AvgIpc) is 2.37. The SMILES string of the molecule is Cc1cnc(CNc2ccnc(C(F)(F)F)n2)cn1. The number of halogens is 3. The van der Waals surface area contributed by atoms with Crippen molar-refractivity contribution in [1.29, 1.82) is 0 Å². The molecule has 2 aromatic heterocycles. The van der Waals surface area contributed by atoms with E-state index >= 15 is 0 Å². The Morgan fingerprint density at radius 3 is 2.58 bits per heavy atom. The van der Waals surface area contributed by atoms with E-state index in [1.54, 1.807) is 19.3 Å². The molecule has 2 rings (SSSR count). The van der Waals surface area contributed by atoms with Crippen LogP contribution in [0.5, 0.6) is 0 Å². The predicted octanol–water partition coefficient (Wildman–Crippen LogP) is 2.21. The molecule has 0 aromatic carbocycles.